The fourth-order valence-corrected chi connectivity index (χ4v) is 2.78. The van der Waals surface area contributed by atoms with E-state index in [9.17, 15) is 9.36 Å². The highest BCUT2D eigenvalue weighted by Gasteiger charge is 2.25. The Labute approximate surface area is 140 Å². The summed E-state index contributed by atoms with van der Waals surface area (Å²) in [6.45, 7) is 3.23. The number of allylic oxidation sites excluding steroid dienone is 1. The molecule has 0 aliphatic heterocycles. The minimum Gasteiger partial charge on any atom is -0.455 e. The quantitative estimate of drug-likeness (QED) is 0.225. The number of hydrogen-bond acceptors (Lipinski definition) is 7. The topological polar surface area (TPSA) is 71.1 Å². The van der Waals surface area contributed by atoms with Gasteiger partial charge in [-0.1, -0.05) is 12.1 Å². The van der Waals surface area contributed by atoms with E-state index in [4.69, 9.17) is 9.26 Å². The predicted molar refractivity (Wildman–Crippen MR) is 89.2 cm³/mol. The summed E-state index contributed by atoms with van der Waals surface area (Å²) in [6, 6.07) is 7.73. The first-order valence-electron chi connectivity index (χ1n) is 6.77. The van der Waals surface area contributed by atoms with E-state index in [0.29, 0.717) is 0 Å². The van der Waals surface area contributed by atoms with Crippen LogP contribution in [0.2, 0.25) is 0 Å². The Morgan fingerprint density at radius 2 is 1.78 bits per heavy atom. The molecule has 8 heteroatoms. The highest BCUT2D eigenvalue weighted by Crippen LogP contribution is 2.49. The Balaban J connectivity index is 2.67. The molecule has 1 aromatic rings. The van der Waals surface area contributed by atoms with Gasteiger partial charge < -0.3 is 9.26 Å². The molecule has 1 rings (SSSR count). The summed E-state index contributed by atoms with van der Waals surface area (Å²) >= 11 is 1.64. The van der Waals surface area contributed by atoms with Crippen molar-refractivity contribution in [1.29, 1.82) is 0 Å². The van der Waals surface area contributed by atoms with Crippen molar-refractivity contribution >= 4 is 25.6 Å². The van der Waals surface area contributed by atoms with E-state index in [1.54, 1.807) is 18.7 Å². The minimum absolute atomic E-state index is 0.0759. The molecule has 0 aromatic heterocycles. The number of carbonyl (C=O) groups is 1. The van der Waals surface area contributed by atoms with Crippen molar-refractivity contribution in [3.05, 3.63) is 41.7 Å². The largest absolute Gasteiger partial charge is 0.529 e. The monoisotopic (exact) mass is 360 g/mol. The minimum atomic E-state index is -3.67. The molecular weight excluding hydrogens is 339 g/mol. The van der Waals surface area contributed by atoms with Crippen LogP contribution in [0.1, 0.15) is 25.5 Å². The fourth-order valence-electron chi connectivity index (χ4n) is 1.67. The van der Waals surface area contributed by atoms with Crippen LogP contribution >= 0.6 is 19.6 Å². The first kappa shape index (κ1) is 19.8. The van der Waals surface area contributed by atoms with Gasteiger partial charge in [0.15, 0.2) is 0 Å². The van der Waals surface area contributed by atoms with E-state index < -0.39 is 19.9 Å². The van der Waals surface area contributed by atoms with Gasteiger partial charge in [-0.15, -0.1) is 11.8 Å². The number of thioether (sulfide) groups is 1. The molecule has 0 aliphatic carbocycles. The van der Waals surface area contributed by atoms with Crippen LogP contribution in [0.4, 0.5) is 0 Å². The van der Waals surface area contributed by atoms with Crippen LogP contribution in [0, 0.1) is 0 Å². The summed E-state index contributed by atoms with van der Waals surface area (Å²) in [6.07, 6.45) is 2.67. The van der Waals surface area contributed by atoms with Crippen molar-refractivity contribution in [2.75, 3.05) is 20.5 Å². The third kappa shape index (κ3) is 6.39. The molecule has 0 bridgehead atoms. The van der Waals surface area contributed by atoms with Crippen molar-refractivity contribution in [3.63, 3.8) is 0 Å². The summed E-state index contributed by atoms with van der Waals surface area (Å²) in [5.74, 6) is -0.533. The third-order valence-corrected chi connectivity index (χ3v) is 5.05. The number of rotatable bonds is 8. The molecule has 23 heavy (non-hydrogen) atoms. The van der Waals surface area contributed by atoms with Crippen LogP contribution in [-0.4, -0.2) is 26.4 Å². The van der Waals surface area contributed by atoms with Crippen molar-refractivity contribution < 1.29 is 27.7 Å². The molecule has 0 fully saturated rings. The number of ether oxygens (including phenoxy) is 1. The van der Waals surface area contributed by atoms with Crippen LogP contribution in [0.5, 0.6) is 0 Å². The summed E-state index contributed by atoms with van der Waals surface area (Å²) in [5, 5.41) is 0. The number of esters is 1. The molecule has 0 heterocycles. The van der Waals surface area contributed by atoms with Gasteiger partial charge in [0.25, 0.3) is 0 Å². The zero-order valence-electron chi connectivity index (χ0n) is 13.8. The number of phosphoric acid groups is 1. The lowest BCUT2D eigenvalue weighted by atomic mass is 10.1. The summed E-state index contributed by atoms with van der Waals surface area (Å²) in [7, 11) is -1.29. The summed E-state index contributed by atoms with van der Waals surface area (Å²) < 4.78 is 31.3. The van der Waals surface area contributed by atoms with Crippen LogP contribution in [0.3, 0.4) is 0 Å². The van der Waals surface area contributed by atoms with E-state index >= 15 is 0 Å². The van der Waals surface area contributed by atoms with E-state index in [1.165, 1.54) is 21.1 Å². The Morgan fingerprint density at radius 1 is 1.22 bits per heavy atom. The van der Waals surface area contributed by atoms with Gasteiger partial charge in [0.1, 0.15) is 11.9 Å². The van der Waals surface area contributed by atoms with Crippen LogP contribution in [-0.2, 0) is 27.7 Å². The maximum atomic E-state index is 11.9. The molecule has 6 nitrogen and oxygen atoms in total. The van der Waals surface area contributed by atoms with Gasteiger partial charge in [-0.2, -0.15) is 0 Å². The molecule has 0 saturated heterocycles. The van der Waals surface area contributed by atoms with Gasteiger partial charge in [0.2, 0.25) is 0 Å². The van der Waals surface area contributed by atoms with E-state index in [-0.39, 0.29) is 5.76 Å². The van der Waals surface area contributed by atoms with Crippen molar-refractivity contribution in [1.82, 2.24) is 0 Å². The van der Waals surface area contributed by atoms with Crippen molar-refractivity contribution in [2.24, 2.45) is 0 Å². The molecule has 1 unspecified atom stereocenters. The Bertz CT molecular complexity index is 590. The lowest BCUT2D eigenvalue weighted by Crippen LogP contribution is -2.07. The highest BCUT2D eigenvalue weighted by atomic mass is 32.2. The normalized spacial score (nSPS) is 13.5. The molecule has 0 spiro atoms. The molecule has 0 radical (unpaired) electrons. The number of phosphoric ester groups is 1. The standard InChI is InChI=1S/C15H21O6PS/c1-11(21-22(17,18-3)19-4)10-15(16)20-12(2)13-6-8-14(23-5)9-7-13/h6-10,12H,1-5H3/b11-10-. The average Bonchev–Trinajstić information content (AvgIpc) is 2.54. The van der Waals surface area contributed by atoms with Gasteiger partial charge in [-0.25, -0.2) is 9.36 Å². The second kappa shape index (κ2) is 9.13. The molecule has 0 amide bonds. The van der Waals surface area contributed by atoms with Gasteiger partial charge in [0, 0.05) is 19.1 Å². The molecular formula is C15H21O6PS. The van der Waals surface area contributed by atoms with Crippen LogP contribution in [0.25, 0.3) is 0 Å². The predicted octanol–water partition coefficient (Wildman–Crippen LogP) is 4.33. The van der Waals surface area contributed by atoms with Crippen LogP contribution in [0.15, 0.2) is 41.0 Å². The fraction of sp³-hybridized carbons (Fsp3) is 0.400. The van der Waals surface area contributed by atoms with Crippen LogP contribution < -0.4 is 0 Å². The van der Waals surface area contributed by atoms with E-state index in [0.717, 1.165) is 16.5 Å². The average molecular weight is 360 g/mol. The Morgan fingerprint density at radius 3 is 2.26 bits per heavy atom. The third-order valence-electron chi connectivity index (χ3n) is 2.90. The van der Waals surface area contributed by atoms with Gasteiger partial charge >= 0.3 is 13.8 Å². The zero-order chi connectivity index (χ0) is 17.5. The number of hydrogen-bond donors (Lipinski definition) is 0. The smallest absolute Gasteiger partial charge is 0.455 e. The maximum absolute atomic E-state index is 11.9. The number of benzene rings is 1. The molecule has 0 N–H and O–H groups in total. The first-order chi connectivity index (χ1) is 10.8. The first-order valence-corrected chi connectivity index (χ1v) is 9.46. The molecule has 0 aliphatic rings. The Kier molecular flexibility index (Phi) is 7.85. The Hall–Kier alpha value is -1.27. The second-order valence-electron chi connectivity index (χ2n) is 4.51. The summed E-state index contributed by atoms with van der Waals surface area (Å²) in [4.78, 5) is 13.0. The molecule has 128 valence electrons. The van der Waals surface area contributed by atoms with E-state index in [2.05, 4.69) is 9.05 Å². The highest BCUT2D eigenvalue weighted by molar-refractivity contribution is 7.98. The lowest BCUT2D eigenvalue weighted by Gasteiger charge is -2.15. The van der Waals surface area contributed by atoms with E-state index in [1.807, 2.05) is 30.5 Å². The lowest BCUT2D eigenvalue weighted by molar-refractivity contribution is -0.142. The van der Waals surface area contributed by atoms with Gasteiger partial charge in [-0.05, 0) is 37.8 Å². The van der Waals surface area contributed by atoms with Gasteiger partial charge in [-0.3, -0.25) is 9.05 Å². The second-order valence-corrected chi connectivity index (χ2v) is 7.20. The van der Waals surface area contributed by atoms with Crippen molar-refractivity contribution in [3.8, 4) is 0 Å². The molecule has 0 saturated carbocycles. The molecule has 1 aromatic carbocycles. The molecule has 1 atom stereocenters. The number of carbonyl (C=O) groups excluding carboxylic acids is 1. The zero-order valence-corrected chi connectivity index (χ0v) is 15.5. The van der Waals surface area contributed by atoms with Crippen molar-refractivity contribution in [2.45, 2.75) is 24.8 Å². The summed E-state index contributed by atoms with van der Waals surface area (Å²) in [5.41, 5.74) is 0.877. The maximum Gasteiger partial charge on any atom is 0.529 e. The SMILES string of the molecule is COP(=O)(OC)O/C(C)=C\C(=O)OC(C)c1ccc(SC)cc1. The van der Waals surface area contributed by atoms with Gasteiger partial charge in [0.05, 0.1) is 6.08 Å².